The summed E-state index contributed by atoms with van der Waals surface area (Å²) >= 11 is 0. The number of rotatable bonds is 1. The van der Waals surface area contributed by atoms with Crippen LogP contribution < -0.4 is 0 Å². The van der Waals surface area contributed by atoms with Gasteiger partial charge in [0.15, 0.2) is 5.78 Å². The molecule has 0 radical (unpaired) electrons. The maximum absolute atomic E-state index is 12.9. The Hall–Kier alpha value is -3.26. The monoisotopic (exact) mass is 307 g/mol. The van der Waals surface area contributed by atoms with Crippen molar-refractivity contribution in [3.05, 3.63) is 90.1 Å². The van der Waals surface area contributed by atoms with Crippen LogP contribution in [-0.2, 0) is 0 Å². The quantitative estimate of drug-likeness (QED) is 0.430. The van der Waals surface area contributed by atoms with E-state index >= 15 is 0 Å². The molecule has 112 valence electrons. The Kier molecular flexibility index (Phi) is 2.68. The first-order chi connectivity index (χ1) is 11.8. The molecule has 3 aromatic carbocycles. The highest BCUT2D eigenvalue weighted by atomic mass is 16.1. The van der Waals surface area contributed by atoms with E-state index in [0.29, 0.717) is 0 Å². The molecule has 2 heteroatoms. The zero-order chi connectivity index (χ0) is 16.1. The molecule has 0 saturated heterocycles. The van der Waals surface area contributed by atoms with Crippen LogP contribution in [0.25, 0.3) is 33.2 Å². The topological polar surface area (TPSA) is 30.0 Å². The molecule has 5 rings (SSSR count). The van der Waals surface area contributed by atoms with Crippen molar-refractivity contribution in [2.24, 2.45) is 0 Å². The highest BCUT2D eigenvalue weighted by molar-refractivity contribution is 6.26. The van der Waals surface area contributed by atoms with Gasteiger partial charge in [-0.3, -0.25) is 9.78 Å². The SMILES string of the molecule is O=C1c2ccccc2-c2cnc(-c3ccccc3)c3cccc1c23. The predicted octanol–water partition coefficient (Wildman–Crippen LogP) is 5.11. The van der Waals surface area contributed by atoms with E-state index in [1.807, 2.05) is 60.8 Å². The molecule has 0 atom stereocenters. The summed E-state index contributed by atoms with van der Waals surface area (Å²) in [5.41, 5.74) is 5.51. The van der Waals surface area contributed by atoms with Crippen LogP contribution in [0.5, 0.6) is 0 Å². The molecule has 1 aliphatic carbocycles. The van der Waals surface area contributed by atoms with Gasteiger partial charge in [0, 0.05) is 39.2 Å². The third-order valence-corrected chi connectivity index (χ3v) is 4.67. The second-order valence-electron chi connectivity index (χ2n) is 5.99. The fourth-order valence-corrected chi connectivity index (χ4v) is 3.58. The van der Waals surface area contributed by atoms with Crippen LogP contribution in [0.4, 0.5) is 0 Å². The van der Waals surface area contributed by atoms with Gasteiger partial charge in [0.05, 0.1) is 5.69 Å². The van der Waals surface area contributed by atoms with Crippen molar-refractivity contribution in [1.82, 2.24) is 4.98 Å². The van der Waals surface area contributed by atoms with Crippen molar-refractivity contribution in [3.8, 4) is 22.4 Å². The Labute approximate surface area is 139 Å². The molecule has 0 aliphatic heterocycles. The number of hydrogen-bond acceptors (Lipinski definition) is 2. The van der Waals surface area contributed by atoms with Gasteiger partial charge in [-0.2, -0.15) is 0 Å². The fourth-order valence-electron chi connectivity index (χ4n) is 3.58. The van der Waals surface area contributed by atoms with Gasteiger partial charge in [0.25, 0.3) is 0 Å². The number of fused-ring (bicyclic) bond motifs is 2. The number of ketones is 1. The molecule has 1 heterocycles. The molecule has 0 N–H and O–H groups in total. The third-order valence-electron chi connectivity index (χ3n) is 4.67. The van der Waals surface area contributed by atoms with Crippen LogP contribution in [0.1, 0.15) is 15.9 Å². The van der Waals surface area contributed by atoms with Gasteiger partial charge in [-0.15, -0.1) is 0 Å². The van der Waals surface area contributed by atoms with E-state index in [1.165, 1.54) is 0 Å². The molecule has 24 heavy (non-hydrogen) atoms. The molecule has 0 spiro atoms. The lowest BCUT2D eigenvalue weighted by atomic mass is 9.83. The Morgan fingerprint density at radius 3 is 2.17 bits per heavy atom. The molecule has 1 aliphatic rings. The average molecular weight is 307 g/mol. The molecule has 4 aromatic rings. The number of benzene rings is 3. The molecule has 2 nitrogen and oxygen atoms in total. The van der Waals surface area contributed by atoms with Crippen molar-refractivity contribution in [3.63, 3.8) is 0 Å². The van der Waals surface area contributed by atoms with E-state index in [9.17, 15) is 4.79 Å². The van der Waals surface area contributed by atoms with Gasteiger partial charge >= 0.3 is 0 Å². The maximum Gasteiger partial charge on any atom is 0.194 e. The Morgan fingerprint density at radius 1 is 0.625 bits per heavy atom. The molecule has 0 unspecified atom stereocenters. The van der Waals surface area contributed by atoms with Gasteiger partial charge in [-0.05, 0) is 5.56 Å². The number of carbonyl (C=O) groups excluding carboxylic acids is 1. The fraction of sp³-hybridized carbons (Fsp3) is 0. The number of carbonyl (C=O) groups is 1. The lowest BCUT2D eigenvalue weighted by Gasteiger charge is -2.20. The van der Waals surface area contributed by atoms with Crippen molar-refractivity contribution in [1.29, 1.82) is 0 Å². The smallest absolute Gasteiger partial charge is 0.194 e. The van der Waals surface area contributed by atoms with Crippen molar-refractivity contribution in [2.45, 2.75) is 0 Å². The van der Waals surface area contributed by atoms with Gasteiger partial charge in [0.1, 0.15) is 0 Å². The van der Waals surface area contributed by atoms with Crippen LogP contribution in [0.15, 0.2) is 79.0 Å². The zero-order valence-electron chi connectivity index (χ0n) is 12.9. The lowest BCUT2D eigenvalue weighted by Crippen LogP contribution is -2.10. The minimum Gasteiger partial charge on any atom is -0.289 e. The van der Waals surface area contributed by atoms with Crippen molar-refractivity contribution >= 4 is 16.6 Å². The van der Waals surface area contributed by atoms with Gasteiger partial charge in [0.2, 0.25) is 0 Å². The zero-order valence-corrected chi connectivity index (χ0v) is 12.9. The standard InChI is InChI=1S/C22H13NO/c24-22-16-10-5-4-9-15(16)19-13-23-21(14-7-2-1-3-8-14)17-11-6-12-18(22)20(17)19/h1-13H. The number of hydrogen-bond donors (Lipinski definition) is 0. The first-order valence-corrected chi connectivity index (χ1v) is 7.96. The number of nitrogens with zero attached hydrogens (tertiary/aromatic N) is 1. The second kappa shape index (κ2) is 4.87. The molecule has 0 amide bonds. The number of aromatic nitrogens is 1. The Balaban J connectivity index is 1.93. The predicted molar refractivity (Wildman–Crippen MR) is 96.0 cm³/mol. The van der Waals surface area contributed by atoms with E-state index in [1.54, 1.807) is 0 Å². The van der Waals surface area contributed by atoms with Crippen LogP contribution in [-0.4, -0.2) is 10.8 Å². The molecular weight excluding hydrogens is 294 g/mol. The van der Waals surface area contributed by atoms with Gasteiger partial charge in [-0.25, -0.2) is 0 Å². The summed E-state index contributed by atoms with van der Waals surface area (Å²) < 4.78 is 0. The Bertz CT molecular complexity index is 1110. The van der Waals surface area contributed by atoms with Crippen molar-refractivity contribution in [2.75, 3.05) is 0 Å². The molecule has 0 bridgehead atoms. The molecule has 1 aromatic heterocycles. The van der Waals surface area contributed by atoms with Crippen LogP contribution in [0.2, 0.25) is 0 Å². The van der Waals surface area contributed by atoms with Crippen LogP contribution >= 0.6 is 0 Å². The molecule has 0 fully saturated rings. The van der Waals surface area contributed by atoms with Crippen LogP contribution in [0, 0.1) is 0 Å². The summed E-state index contributed by atoms with van der Waals surface area (Å²) in [4.78, 5) is 17.7. The van der Waals surface area contributed by atoms with E-state index < -0.39 is 0 Å². The first kappa shape index (κ1) is 13.2. The summed E-state index contributed by atoms with van der Waals surface area (Å²) in [6.45, 7) is 0. The average Bonchev–Trinajstić information content (AvgIpc) is 2.66. The highest BCUT2D eigenvalue weighted by Crippen LogP contribution is 2.41. The minimum absolute atomic E-state index is 0.0916. The third kappa shape index (κ3) is 1.71. The van der Waals surface area contributed by atoms with Gasteiger partial charge in [-0.1, -0.05) is 72.8 Å². The van der Waals surface area contributed by atoms with E-state index in [2.05, 4.69) is 18.2 Å². The summed E-state index contributed by atoms with van der Waals surface area (Å²) in [6.07, 6.45) is 1.90. The van der Waals surface area contributed by atoms with E-state index in [0.717, 1.165) is 44.3 Å². The van der Waals surface area contributed by atoms with E-state index in [-0.39, 0.29) is 5.78 Å². The largest absolute Gasteiger partial charge is 0.289 e. The lowest BCUT2D eigenvalue weighted by molar-refractivity contribution is 0.104. The Morgan fingerprint density at radius 2 is 1.33 bits per heavy atom. The summed E-state index contributed by atoms with van der Waals surface area (Å²) in [6, 6.07) is 23.8. The van der Waals surface area contributed by atoms with Crippen molar-refractivity contribution < 1.29 is 4.79 Å². The summed E-state index contributed by atoms with van der Waals surface area (Å²) in [5.74, 6) is 0.0916. The molecule has 0 saturated carbocycles. The second-order valence-corrected chi connectivity index (χ2v) is 5.99. The summed E-state index contributed by atoms with van der Waals surface area (Å²) in [7, 11) is 0. The van der Waals surface area contributed by atoms with Crippen LogP contribution in [0.3, 0.4) is 0 Å². The van der Waals surface area contributed by atoms with E-state index in [4.69, 9.17) is 4.98 Å². The maximum atomic E-state index is 12.9. The normalized spacial score (nSPS) is 12.2. The number of pyridine rings is 1. The van der Waals surface area contributed by atoms with Gasteiger partial charge < -0.3 is 0 Å². The molecular formula is C22H13NO. The summed E-state index contributed by atoms with van der Waals surface area (Å²) in [5, 5.41) is 2.04. The highest BCUT2D eigenvalue weighted by Gasteiger charge is 2.26. The first-order valence-electron chi connectivity index (χ1n) is 7.96. The minimum atomic E-state index is 0.0916.